The number of unbranched alkanes of at least 4 members (excludes halogenated alkanes) is 1. The number of rotatable bonds is 19. The molecule has 272 valence electrons. The summed E-state index contributed by atoms with van der Waals surface area (Å²) in [5, 5.41) is 27.2. The maximum absolute atomic E-state index is 12.6. The summed E-state index contributed by atoms with van der Waals surface area (Å²) in [4.78, 5) is 29.5. The van der Waals surface area contributed by atoms with Crippen LogP contribution in [0.3, 0.4) is 0 Å². The average molecular weight is 700 g/mol. The van der Waals surface area contributed by atoms with Crippen LogP contribution < -0.4 is 19.7 Å². The van der Waals surface area contributed by atoms with Crippen LogP contribution >= 0.6 is 0 Å². The van der Waals surface area contributed by atoms with E-state index in [2.05, 4.69) is 53.9 Å². The van der Waals surface area contributed by atoms with Crippen molar-refractivity contribution in [2.75, 3.05) is 65.2 Å². The highest BCUT2D eigenvalue weighted by molar-refractivity contribution is 5.61. The Morgan fingerprint density at radius 2 is 1.96 bits per heavy atom. The van der Waals surface area contributed by atoms with Crippen molar-refractivity contribution in [1.29, 1.82) is 0 Å². The summed E-state index contributed by atoms with van der Waals surface area (Å²) in [5.74, 6) is 1.87. The van der Waals surface area contributed by atoms with E-state index in [1.165, 1.54) is 0 Å². The first kappa shape index (κ1) is 36.5. The first-order chi connectivity index (χ1) is 24.4. The Morgan fingerprint density at radius 3 is 2.72 bits per heavy atom. The summed E-state index contributed by atoms with van der Waals surface area (Å²) >= 11 is 0. The highest BCUT2D eigenvalue weighted by Crippen LogP contribution is 2.36. The predicted molar refractivity (Wildman–Crippen MR) is 178 cm³/mol. The van der Waals surface area contributed by atoms with Crippen LogP contribution in [-0.2, 0) is 30.4 Å². The van der Waals surface area contributed by atoms with Crippen LogP contribution in [0.4, 0.5) is 10.5 Å². The third-order valence-electron chi connectivity index (χ3n) is 8.70. The number of methoxy groups -OCH3 is 2. The fourth-order valence-electron chi connectivity index (χ4n) is 6.19. The second-order valence-electron chi connectivity index (χ2n) is 12.0. The lowest BCUT2D eigenvalue weighted by Gasteiger charge is -2.38. The molecule has 4 unspecified atom stereocenters. The summed E-state index contributed by atoms with van der Waals surface area (Å²) in [5.41, 5.74) is 3.22. The molecule has 2 aromatic carbocycles. The van der Waals surface area contributed by atoms with E-state index in [1.54, 1.807) is 14.2 Å². The normalized spacial score (nSPS) is 19.2. The van der Waals surface area contributed by atoms with Crippen LogP contribution in [0.15, 0.2) is 42.5 Å². The van der Waals surface area contributed by atoms with Gasteiger partial charge in [-0.05, 0) is 61.1 Å². The van der Waals surface area contributed by atoms with Gasteiger partial charge in [-0.2, -0.15) is 5.21 Å². The first-order valence-corrected chi connectivity index (χ1v) is 16.8. The summed E-state index contributed by atoms with van der Waals surface area (Å²) in [6, 6.07) is 14.1. The maximum atomic E-state index is 12.6. The van der Waals surface area contributed by atoms with Gasteiger partial charge in [0.25, 0.3) is 5.09 Å². The zero-order valence-electron chi connectivity index (χ0n) is 28.4. The summed E-state index contributed by atoms with van der Waals surface area (Å²) in [7, 11) is 3.35. The Morgan fingerprint density at radius 1 is 1.12 bits per heavy atom. The van der Waals surface area contributed by atoms with Gasteiger partial charge >= 0.3 is 6.16 Å². The lowest BCUT2D eigenvalue weighted by atomic mass is 9.82. The molecule has 0 aliphatic carbocycles. The van der Waals surface area contributed by atoms with E-state index in [1.807, 2.05) is 24.3 Å². The molecule has 2 N–H and O–H groups in total. The Labute approximate surface area is 289 Å². The molecule has 1 saturated heterocycles. The highest BCUT2D eigenvalue weighted by Gasteiger charge is 2.35. The predicted octanol–water partition coefficient (Wildman–Crippen LogP) is 3.75. The molecule has 1 aromatic heterocycles. The topological polar surface area (TPSA) is 195 Å². The third kappa shape index (κ3) is 10.6. The molecule has 3 aromatic rings. The van der Waals surface area contributed by atoms with Gasteiger partial charge in [0.15, 0.2) is 6.10 Å². The number of H-pyrrole nitrogens is 1. The molecular formula is C33H45N7O10. The second kappa shape index (κ2) is 18.9. The number of fused-ring (bicyclic) bond motifs is 1. The lowest BCUT2D eigenvalue weighted by molar-refractivity contribution is -0.757. The number of anilines is 1. The zero-order chi connectivity index (χ0) is 35.1. The maximum Gasteiger partial charge on any atom is 0.508 e. The molecule has 0 saturated carbocycles. The summed E-state index contributed by atoms with van der Waals surface area (Å²) in [6.45, 7) is 3.96. The SMILES string of the molecule is COCCCN1CCOc2ccc(COC3CNC(CC(OC(=O)OCCCCO[N+](=O)[O-])c4nn[nH]n4)CC3c3ccc(OC)cc3)cc21. The standard InChI is InChI=1S/C33H45N7O10/c1-44-14-5-12-39-13-17-46-29-11-6-23(18-28(29)39)22-48-31-21-34-25(19-27(31)24-7-9-26(45-2)10-8-24)20-30(32-35-37-38-36-32)50-33(41)47-15-3-4-16-49-40(42)43/h6-11,18,25,27,30-31,34H,3-5,12-17,19-22H2,1-2H3,(H,35,36,37,38). The number of nitrogens with one attached hydrogen (secondary N) is 2. The van der Waals surface area contributed by atoms with Crippen LogP contribution in [0.5, 0.6) is 11.5 Å². The quantitative estimate of drug-likeness (QED) is 0.0794. The molecule has 0 spiro atoms. The summed E-state index contributed by atoms with van der Waals surface area (Å²) < 4.78 is 34.0. The van der Waals surface area contributed by atoms with E-state index < -0.39 is 17.3 Å². The van der Waals surface area contributed by atoms with Crippen molar-refractivity contribution in [1.82, 2.24) is 25.9 Å². The van der Waals surface area contributed by atoms with Gasteiger partial charge in [0, 0.05) is 45.2 Å². The van der Waals surface area contributed by atoms with E-state index in [-0.39, 0.29) is 37.1 Å². The largest absolute Gasteiger partial charge is 0.508 e. The number of hydrogen-bond acceptors (Lipinski definition) is 15. The molecule has 1 fully saturated rings. The number of nitrogens with zero attached hydrogens (tertiary/aromatic N) is 5. The number of benzene rings is 2. The van der Waals surface area contributed by atoms with Gasteiger partial charge in [-0.15, -0.1) is 20.3 Å². The molecule has 2 aliphatic rings. The van der Waals surface area contributed by atoms with Gasteiger partial charge in [-0.1, -0.05) is 23.4 Å². The van der Waals surface area contributed by atoms with Crippen molar-refractivity contribution >= 4 is 11.8 Å². The molecule has 3 heterocycles. The van der Waals surface area contributed by atoms with Crippen LogP contribution in [0.2, 0.25) is 0 Å². The fourth-order valence-corrected chi connectivity index (χ4v) is 6.19. The molecule has 0 amide bonds. The van der Waals surface area contributed by atoms with E-state index in [9.17, 15) is 14.9 Å². The lowest BCUT2D eigenvalue weighted by Crippen LogP contribution is -2.47. The molecule has 17 nitrogen and oxygen atoms in total. The van der Waals surface area contributed by atoms with Crippen LogP contribution in [0.25, 0.3) is 0 Å². The van der Waals surface area contributed by atoms with Gasteiger partial charge in [0.05, 0.1) is 45.3 Å². The number of hydrogen-bond donors (Lipinski definition) is 2. The molecule has 2 aliphatic heterocycles. The molecule has 4 atom stereocenters. The number of tetrazole rings is 1. The van der Waals surface area contributed by atoms with E-state index >= 15 is 0 Å². The Hall–Kier alpha value is -4.74. The van der Waals surface area contributed by atoms with E-state index in [4.69, 9.17) is 28.4 Å². The number of carbonyl (C=O) groups excluding carboxylic acids is 1. The van der Waals surface area contributed by atoms with Gasteiger partial charge in [0.2, 0.25) is 5.82 Å². The number of ether oxygens (including phenoxy) is 6. The van der Waals surface area contributed by atoms with Crippen molar-refractivity contribution in [2.45, 2.75) is 62.9 Å². The number of aromatic amines is 1. The smallest absolute Gasteiger partial charge is 0.497 e. The van der Waals surface area contributed by atoms with Crippen molar-refractivity contribution in [3.05, 3.63) is 69.5 Å². The number of piperidine rings is 1. The van der Waals surface area contributed by atoms with Gasteiger partial charge in [-0.3, -0.25) is 0 Å². The highest BCUT2D eigenvalue weighted by atomic mass is 16.9. The molecule has 5 rings (SSSR count). The minimum Gasteiger partial charge on any atom is -0.497 e. The van der Waals surface area contributed by atoms with Gasteiger partial charge in [0.1, 0.15) is 18.1 Å². The van der Waals surface area contributed by atoms with E-state index in [0.717, 1.165) is 47.8 Å². The molecule has 17 heteroatoms. The molecule has 50 heavy (non-hydrogen) atoms. The van der Waals surface area contributed by atoms with Gasteiger partial charge in [-0.25, -0.2) is 4.79 Å². The van der Waals surface area contributed by atoms with E-state index in [0.29, 0.717) is 52.0 Å². The summed E-state index contributed by atoms with van der Waals surface area (Å²) in [6.07, 6.45) is 0.786. The third-order valence-corrected chi connectivity index (χ3v) is 8.70. The Bertz CT molecular complexity index is 1480. The second-order valence-corrected chi connectivity index (χ2v) is 12.0. The first-order valence-electron chi connectivity index (χ1n) is 16.8. The Kier molecular flexibility index (Phi) is 13.8. The minimum absolute atomic E-state index is 0.0120. The molecular weight excluding hydrogens is 654 g/mol. The van der Waals surface area contributed by atoms with Crippen molar-refractivity contribution in [2.24, 2.45) is 0 Å². The van der Waals surface area contributed by atoms with Gasteiger partial charge < -0.3 is 43.5 Å². The molecule has 0 radical (unpaired) electrons. The zero-order valence-corrected chi connectivity index (χ0v) is 28.4. The van der Waals surface area contributed by atoms with Crippen molar-refractivity contribution in [3.63, 3.8) is 0 Å². The Balaban J connectivity index is 1.23. The average Bonchev–Trinajstić information content (AvgIpc) is 3.68. The van der Waals surface area contributed by atoms with Crippen LogP contribution in [0.1, 0.15) is 61.1 Å². The number of carbonyl (C=O) groups is 1. The fraction of sp³-hybridized carbons (Fsp3) is 0.576. The van der Waals surface area contributed by atoms with Crippen LogP contribution in [0, 0.1) is 10.1 Å². The van der Waals surface area contributed by atoms with Crippen LogP contribution in [-0.4, -0.2) is 104 Å². The van der Waals surface area contributed by atoms with Crippen molar-refractivity contribution in [3.8, 4) is 11.5 Å². The number of aromatic nitrogens is 4. The minimum atomic E-state index is -0.897. The monoisotopic (exact) mass is 699 g/mol. The molecule has 0 bridgehead atoms. The van der Waals surface area contributed by atoms with Crippen molar-refractivity contribution < 1.29 is 43.1 Å².